The maximum atomic E-state index is 15.0. The van der Waals surface area contributed by atoms with Crippen molar-refractivity contribution in [1.29, 1.82) is 0 Å². The molecule has 5 nitrogen and oxygen atoms in total. The molecule has 2 aromatic carbocycles. The van der Waals surface area contributed by atoms with Crippen LogP contribution in [0.25, 0.3) is 11.1 Å². The van der Waals surface area contributed by atoms with Crippen LogP contribution in [0.1, 0.15) is 50.7 Å². The van der Waals surface area contributed by atoms with Gasteiger partial charge < -0.3 is 4.74 Å². The van der Waals surface area contributed by atoms with E-state index in [-0.39, 0.29) is 43.4 Å². The normalized spacial score (nSPS) is 17.0. The van der Waals surface area contributed by atoms with E-state index in [1.165, 1.54) is 4.31 Å². The number of carbonyl (C=O) groups is 1. The Kier molecular flexibility index (Phi) is 6.86. The van der Waals surface area contributed by atoms with Crippen molar-refractivity contribution >= 4 is 16.0 Å². The molecule has 0 saturated carbocycles. The zero-order chi connectivity index (χ0) is 22.8. The molecule has 0 radical (unpaired) electrons. The number of hydrogen-bond donors (Lipinski definition) is 0. The number of sulfonamides is 1. The fraction of sp³-hybridized carbons (Fsp3) is 0.458. The standard InChI is InChI=1S/C24H30FNO4S/c1-5-30-23(27)24(25)12-14-26(15-13-24)31(28,29)22-11-10-19(17(2)3)16-21(22)20-9-7-6-8-18(20)4/h6-11,16-17H,5,12-15H2,1-4H3. The Labute approximate surface area is 184 Å². The Hall–Kier alpha value is -2.25. The van der Waals surface area contributed by atoms with Gasteiger partial charge in [0, 0.05) is 31.5 Å². The van der Waals surface area contributed by atoms with Crippen molar-refractivity contribution in [1.82, 2.24) is 4.31 Å². The zero-order valence-corrected chi connectivity index (χ0v) is 19.3. The molecule has 0 aliphatic carbocycles. The summed E-state index contributed by atoms with van der Waals surface area (Å²) in [5, 5.41) is 0. The van der Waals surface area contributed by atoms with Gasteiger partial charge in [0.15, 0.2) is 0 Å². The third-order valence-electron chi connectivity index (χ3n) is 5.88. The number of piperidine rings is 1. The van der Waals surface area contributed by atoms with E-state index in [2.05, 4.69) is 13.8 Å². The molecule has 1 heterocycles. The summed E-state index contributed by atoms with van der Waals surface area (Å²) in [6.07, 6.45) is -0.427. The highest BCUT2D eigenvalue weighted by atomic mass is 32.2. The summed E-state index contributed by atoms with van der Waals surface area (Å²) < 4.78 is 48.2. The molecule has 1 fully saturated rings. The van der Waals surface area contributed by atoms with Crippen molar-refractivity contribution in [2.45, 2.75) is 57.0 Å². The van der Waals surface area contributed by atoms with Crippen molar-refractivity contribution < 1.29 is 22.3 Å². The Morgan fingerprint density at radius 1 is 1.13 bits per heavy atom. The number of rotatable bonds is 6. The molecule has 1 saturated heterocycles. The van der Waals surface area contributed by atoms with Gasteiger partial charge in [-0.1, -0.05) is 44.2 Å². The number of aryl methyl sites for hydroxylation is 1. The van der Waals surface area contributed by atoms with Crippen LogP contribution in [0.3, 0.4) is 0 Å². The molecule has 7 heteroatoms. The summed E-state index contributed by atoms with van der Waals surface area (Å²) >= 11 is 0. The van der Waals surface area contributed by atoms with Gasteiger partial charge in [-0.25, -0.2) is 17.6 Å². The van der Waals surface area contributed by atoms with Crippen molar-refractivity contribution in [3.8, 4) is 11.1 Å². The van der Waals surface area contributed by atoms with E-state index in [1.807, 2.05) is 43.3 Å². The summed E-state index contributed by atoms with van der Waals surface area (Å²) in [6, 6.07) is 13.1. The van der Waals surface area contributed by atoms with Crippen LogP contribution in [0.5, 0.6) is 0 Å². The fourth-order valence-electron chi connectivity index (χ4n) is 3.90. The highest BCUT2D eigenvalue weighted by molar-refractivity contribution is 7.89. The van der Waals surface area contributed by atoms with Crippen LogP contribution in [0.4, 0.5) is 4.39 Å². The molecule has 168 valence electrons. The van der Waals surface area contributed by atoms with Crippen molar-refractivity contribution in [2.24, 2.45) is 0 Å². The van der Waals surface area contributed by atoms with Gasteiger partial charge in [-0.2, -0.15) is 4.31 Å². The number of nitrogens with zero attached hydrogens (tertiary/aromatic N) is 1. The second-order valence-electron chi connectivity index (χ2n) is 8.32. The topological polar surface area (TPSA) is 63.7 Å². The molecule has 2 aromatic rings. The van der Waals surface area contributed by atoms with Crippen LogP contribution >= 0.6 is 0 Å². The smallest absolute Gasteiger partial charge is 0.343 e. The van der Waals surface area contributed by atoms with Gasteiger partial charge in [0.1, 0.15) is 0 Å². The number of carbonyl (C=O) groups excluding carboxylic acids is 1. The summed E-state index contributed by atoms with van der Waals surface area (Å²) in [6.45, 7) is 7.64. The summed E-state index contributed by atoms with van der Waals surface area (Å²) in [7, 11) is -3.87. The monoisotopic (exact) mass is 447 g/mol. The number of halogens is 1. The van der Waals surface area contributed by atoms with Crippen LogP contribution in [0.15, 0.2) is 47.4 Å². The molecular formula is C24H30FNO4S. The molecule has 31 heavy (non-hydrogen) atoms. The average Bonchev–Trinajstić information content (AvgIpc) is 2.74. The van der Waals surface area contributed by atoms with Crippen LogP contribution in [-0.2, 0) is 19.6 Å². The minimum atomic E-state index is -3.87. The van der Waals surface area contributed by atoms with Gasteiger partial charge in [0.2, 0.25) is 15.7 Å². The third kappa shape index (κ3) is 4.67. The number of alkyl halides is 1. The fourth-order valence-corrected chi connectivity index (χ4v) is 5.53. The maximum absolute atomic E-state index is 15.0. The quantitative estimate of drug-likeness (QED) is 0.595. The van der Waals surface area contributed by atoms with Crippen LogP contribution in [0, 0.1) is 6.92 Å². The van der Waals surface area contributed by atoms with Gasteiger partial charge in [0.25, 0.3) is 0 Å². The Morgan fingerprint density at radius 3 is 2.35 bits per heavy atom. The van der Waals surface area contributed by atoms with E-state index >= 15 is 0 Å². The Balaban J connectivity index is 1.99. The first-order chi connectivity index (χ1) is 14.6. The molecule has 0 N–H and O–H groups in total. The van der Waals surface area contributed by atoms with E-state index in [4.69, 9.17) is 4.74 Å². The molecule has 0 unspecified atom stereocenters. The van der Waals surface area contributed by atoms with Crippen molar-refractivity contribution in [3.05, 3.63) is 53.6 Å². The van der Waals surface area contributed by atoms with E-state index < -0.39 is 21.7 Å². The minimum absolute atomic E-state index is 0.0726. The highest BCUT2D eigenvalue weighted by Crippen LogP contribution is 2.36. The Morgan fingerprint density at radius 2 is 1.77 bits per heavy atom. The minimum Gasteiger partial charge on any atom is -0.464 e. The first-order valence-corrected chi connectivity index (χ1v) is 12.1. The van der Waals surface area contributed by atoms with Gasteiger partial charge >= 0.3 is 5.97 Å². The average molecular weight is 448 g/mol. The van der Waals surface area contributed by atoms with Crippen molar-refractivity contribution in [2.75, 3.05) is 19.7 Å². The molecule has 1 aliphatic rings. The lowest BCUT2D eigenvalue weighted by Crippen LogP contribution is -2.49. The second kappa shape index (κ2) is 9.09. The molecule has 0 bridgehead atoms. The lowest BCUT2D eigenvalue weighted by Gasteiger charge is -2.34. The number of esters is 1. The first kappa shape index (κ1) is 23.4. The van der Waals surface area contributed by atoms with Crippen LogP contribution < -0.4 is 0 Å². The lowest BCUT2D eigenvalue weighted by atomic mass is 9.95. The number of ether oxygens (including phenoxy) is 1. The van der Waals surface area contributed by atoms with E-state index in [1.54, 1.807) is 13.0 Å². The zero-order valence-electron chi connectivity index (χ0n) is 18.5. The van der Waals surface area contributed by atoms with E-state index in [0.29, 0.717) is 5.56 Å². The molecule has 0 atom stereocenters. The largest absolute Gasteiger partial charge is 0.464 e. The SMILES string of the molecule is CCOC(=O)C1(F)CCN(S(=O)(=O)c2ccc(C(C)C)cc2-c2ccccc2C)CC1. The van der Waals surface area contributed by atoms with E-state index in [0.717, 1.165) is 16.7 Å². The van der Waals surface area contributed by atoms with Crippen molar-refractivity contribution in [3.63, 3.8) is 0 Å². The molecule has 3 rings (SSSR count). The first-order valence-electron chi connectivity index (χ1n) is 10.7. The third-order valence-corrected chi connectivity index (χ3v) is 7.84. The van der Waals surface area contributed by atoms with Gasteiger partial charge in [0.05, 0.1) is 11.5 Å². The summed E-state index contributed by atoms with van der Waals surface area (Å²) in [5.74, 6) is -0.667. The molecule has 0 spiro atoms. The molecule has 1 aliphatic heterocycles. The number of benzene rings is 2. The second-order valence-corrected chi connectivity index (χ2v) is 10.2. The predicted octanol–water partition coefficient (Wildman–Crippen LogP) is 4.84. The van der Waals surface area contributed by atoms with Gasteiger partial charge in [-0.3, -0.25) is 0 Å². The summed E-state index contributed by atoms with van der Waals surface area (Å²) in [4.78, 5) is 12.2. The van der Waals surface area contributed by atoms with Gasteiger partial charge in [-0.05, 0) is 48.6 Å². The van der Waals surface area contributed by atoms with Gasteiger partial charge in [-0.15, -0.1) is 0 Å². The molecule has 0 aromatic heterocycles. The Bertz CT molecular complexity index is 1060. The molecule has 0 amide bonds. The molecular weight excluding hydrogens is 417 g/mol. The number of hydrogen-bond acceptors (Lipinski definition) is 4. The predicted molar refractivity (Wildman–Crippen MR) is 119 cm³/mol. The van der Waals surface area contributed by atoms with E-state index in [9.17, 15) is 17.6 Å². The van der Waals surface area contributed by atoms with Crippen LogP contribution in [-0.4, -0.2) is 44.1 Å². The highest BCUT2D eigenvalue weighted by Gasteiger charge is 2.45. The summed E-state index contributed by atoms with van der Waals surface area (Å²) in [5.41, 5.74) is 1.38. The maximum Gasteiger partial charge on any atom is 0.343 e. The van der Waals surface area contributed by atoms with Crippen LogP contribution in [0.2, 0.25) is 0 Å². The lowest BCUT2D eigenvalue weighted by molar-refractivity contribution is -0.160.